The van der Waals surface area contributed by atoms with Crippen molar-refractivity contribution < 1.29 is 13.2 Å². The van der Waals surface area contributed by atoms with Crippen LogP contribution in [0.25, 0.3) is 10.9 Å². The highest BCUT2D eigenvalue weighted by molar-refractivity contribution is 5.99. The van der Waals surface area contributed by atoms with Gasteiger partial charge < -0.3 is 16.1 Å². The van der Waals surface area contributed by atoms with Crippen molar-refractivity contribution in [1.82, 2.24) is 21.0 Å². The number of halogens is 3. The Morgan fingerprint density at radius 3 is 2.41 bits per heavy atom. The number of anilines is 2. The predicted molar refractivity (Wildman–Crippen MR) is 163 cm³/mol. The van der Waals surface area contributed by atoms with Gasteiger partial charge in [0.2, 0.25) is 0 Å². The molecular weight excluding hydrogens is 567 g/mol. The third-order valence-corrected chi connectivity index (χ3v) is 7.60. The summed E-state index contributed by atoms with van der Waals surface area (Å²) in [7, 11) is 0. The van der Waals surface area contributed by atoms with Gasteiger partial charge >= 0.3 is 6.18 Å². The first-order valence-corrected chi connectivity index (χ1v) is 14.0. The minimum Gasteiger partial charge on any atom is -0.383 e. The van der Waals surface area contributed by atoms with E-state index >= 15 is 0 Å². The summed E-state index contributed by atoms with van der Waals surface area (Å²) in [5, 5.41) is 37.6. The average Bonchev–Trinajstić information content (AvgIpc) is 3.67. The van der Waals surface area contributed by atoms with Gasteiger partial charge in [0, 0.05) is 35.6 Å². The molecule has 1 aliphatic carbocycles. The van der Waals surface area contributed by atoms with Gasteiger partial charge in [-0.3, -0.25) is 9.99 Å². The Morgan fingerprint density at radius 1 is 1.18 bits per heavy atom. The van der Waals surface area contributed by atoms with Gasteiger partial charge in [-0.25, -0.2) is 0 Å². The molecule has 2 aromatic rings. The van der Waals surface area contributed by atoms with Crippen molar-refractivity contribution in [3.05, 3.63) is 76.8 Å². The summed E-state index contributed by atoms with van der Waals surface area (Å²) < 4.78 is 41.7. The maximum Gasteiger partial charge on any atom is 0.413 e. The molecule has 0 unspecified atom stereocenters. The summed E-state index contributed by atoms with van der Waals surface area (Å²) in [5.41, 5.74) is 7.16. The smallest absolute Gasteiger partial charge is 0.383 e. The molecule has 1 aromatic carbocycles. The maximum atomic E-state index is 13.9. The molecule has 1 saturated carbocycles. The number of fused-ring (bicyclic) bond motifs is 1. The zero-order chi connectivity index (χ0) is 32.4. The number of alkyl halides is 3. The third-order valence-electron chi connectivity index (χ3n) is 7.60. The first-order valence-electron chi connectivity index (χ1n) is 14.0. The van der Waals surface area contributed by atoms with Crippen LogP contribution in [0.5, 0.6) is 0 Å². The van der Waals surface area contributed by atoms with Crippen LogP contribution in [0.1, 0.15) is 58.6 Å². The molecule has 12 heteroatoms. The van der Waals surface area contributed by atoms with Crippen LogP contribution >= 0.6 is 0 Å². The number of nitrogens with zero attached hydrogens (tertiary/aromatic N) is 5. The molecule has 44 heavy (non-hydrogen) atoms. The number of hydrogen-bond donors (Lipinski definition) is 4. The van der Waals surface area contributed by atoms with Crippen molar-refractivity contribution in [2.24, 2.45) is 5.41 Å². The molecule has 2 heterocycles. The van der Waals surface area contributed by atoms with Gasteiger partial charge in [0.25, 0.3) is 0 Å². The van der Waals surface area contributed by atoms with Crippen molar-refractivity contribution in [3.63, 3.8) is 0 Å². The van der Waals surface area contributed by atoms with Crippen LogP contribution in [0.2, 0.25) is 0 Å². The first kappa shape index (κ1) is 31.9. The zero-order valence-electron chi connectivity index (χ0n) is 25.2. The van der Waals surface area contributed by atoms with Crippen molar-refractivity contribution in [2.45, 2.75) is 65.2 Å². The fraction of sp³-hybridized carbons (Fsp3) is 0.375. The number of rotatable bonds is 9. The summed E-state index contributed by atoms with van der Waals surface area (Å²) in [6, 6.07) is 8.97. The van der Waals surface area contributed by atoms with Crippen molar-refractivity contribution in [2.75, 3.05) is 17.2 Å². The van der Waals surface area contributed by atoms with Crippen molar-refractivity contribution in [3.8, 4) is 18.2 Å². The Balaban J connectivity index is 1.83. The van der Waals surface area contributed by atoms with Gasteiger partial charge in [0.05, 0.1) is 40.1 Å². The van der Waals surface area contributed by atoms with Gasteiger partial charge in [-0.05, 0) is 61.5 Å². The molecule has 0 radical (unpaired) electrons. The van der Waals surface area contributed by atoms with E-state index in [1.807, 2.05) is 20.8 Å². The lowest BCUT2D eigenvalue weighted by Gasteiger charge is -2.28. The summed E-state index contributed by atoms with van der Waals surface area (Å²) in [5.74, 6) is 0. The molecule has 4 rings (SSSR count). The van der Waals surface area contributed by atoms with Crippen LogP contribution < -0.4 is 21.6 Å². The van der Waals surface area contributed by atoms with E-state index in [4.69, 9.17) is 0 Å². The van der Waals surface area contributed by atoms with Gasteiger partial charge in [0.1, 0.15) is 12.1 Å². The van der Waals surface area contributed by atoms with E-state index in [1.54, 1.807) is 38.1 Å². The molecule has 2 aliphatic rings. The SMILES string of the molecule is C=C(/C(C)=C\C(C#N)=C/C)[C@H](Nc1cc(C#N)c2ncc(C#N)c(NCC(C)(C)C)c2c1)C1=CN(C2(C(F)(F)F)CC2)NN1. The Labute approximate surface area is 255 Å². The second kappa shape index (κ2) is 11.9. The molecule has 1 aromatic heterocycles. The number of pyridine rings is 1. The number of aromatic nitrogens is 1. The molecule has 0 saturated heterocycles. The monoisotopic (exact) mass is 601 g/mol. The molecule has 0 bridgehead atoms. The van der Waals surface area contributed by atoms with Crippen LogP contribution in [-0.4, -0.2) is 34.3 Å². The quantitative estimate of drug-likeness (QED) is 0.189. The number of nitriles is 3. The summed E-state index contributed by atoms with van der Waals surface area (Å²) >= 11 is 0. The first-order chi connectivity index (χ1) is 20.7. The van der Waals surface area contributed by atoms with E-state index in [2.05, 4.69) is 51.4 Å². The summed E-state index contributed by atoms with van der Waals surface area (Å²) in [6.07, 6.45) is 1.55. The molecule has 9 nitrogen and oxygen atoms in total. The van der Waals surface area contributed by atoms with Gasteiger partial charge in [-0.1, -0.05) is 33.4 Å². The van der Waals surface area contributed by atoms with Crippen LogP contribution in [0.3, 0.4) is 0 Å². The predicted octanol–water partition coefficient (Wildman–Crippen LogP) is 6.45. The van der Waals surface area contributed by atoms with Gasteiger partial charge in [-0.2, -0.15) is 29.0 Å². The van der Waals surface area contributed by atoms with E-state index in [0.29, 0.717) is 56.8 Å². The molecule has 228 valence electrons. The molecule has 1 aliphatic heterocycles. The van der Waals surface area contributed by atoms with Gasteiger partial charge in [-0.15, -0.1) is 5.53 Å². The Hall–Kier alpha value is -4.99. The van der Waals surface area contributed by atoms with Crippen LogP contribution in [-0.2, 0) is 0 Å². The highest BCUT2D eigenvalue weighted by Crippen LogP contribution is 2.53. The van der Waals surface area contributed by atoms with Gasteiger partial charge in [0.15, 0.2) is 5.54 Å². The molecule has 0 spiro atoms. The third kappa shape index (κ3) is 6.34. The summed E-state index contributed by atoms with van der Waals surface area (Å²) in [4.78, 5) is 4.38. The number of allylic oxidation sites excluding steroid dienone is 3. The number of hydrazine groups is 2. The molecule has 0 amide bonds. The lowest BCUT2D eigenvalue weighted by Crippen LogP contribution is -2.52. The number of hydrogen-bond acceptors (Lipinski definition) is 9. The van der Waals surface area contributed by atoms with Crippen molar-refractivity contribution >= 4 is 22.3 Å². The summed E-state index contributed by atoms with van der Waals surface area (Å²) in [6.45, 7) is 14.4. The second-order valence-electron chi connectivity index (χ2n) is 12.1. The van der Waals surface area contributed by atoms with Crippen LogP contribution in [0.15, 0.2) is 65.7 Å². The van der Waals surface area contributed by atoms with E-state index < -0.39 is 17.8 Å². The van der Waals surface area contributed by atoms with E-state index in [0.717, 1.165) is 5.01 Å². The Kier molecular flexibility index (Phi) is 8.67. The number of nitrogens with one attached hydrogen (secondary N) is 4. The average molecular weight is 602 g/mol. The lowest BCUT2D eigenvalue weighted by molar-refractivity contribution is -0.195. The van der Waals surface area contributed by atoms with Crippen molar-refractivity contribution in [1.29, 1.82) is 15.8 Å². The minimum atomic E-state index is -4.45. The largest absolute Gasteiger partial charge is 0.413 e. The number of benzene rings is 1. The van der Waals surface area contributed by atoms with Crippen LogP contribution in [0, 0.1) is 39.4 Å². The van der Waals surface area contributed by atoms with E-state index in [-0.39, 0.29) is 23.8 Å². The fourth-order valence-corrected chi connectivity index (χ4v) is 4.84. The second-order valence-corrected chi connectivity index (χ2v) is 12.1. The molecule has 4 N–H and O–H groups in total. The van der Waals surface area contributed by atoms with Crippen LogP contribution in [0.4, 0.5) is 24.5 Å². The molecule has 1 fully saturated rings. The lowest BCUT2D eigenvalue weighted by atomic mass is 9.95. The Bertz CT molecular complexity index is 1700. The highest BCUT2D eigenvalue weighted by atomic mass is 19.4. The normalized spacial score (nSPS) is 17.1. The minimum absolute atomic E-state index is 0.0471. The van der Waals surface area contributed by atoms with E-state index in [9.17, 15) is 29.0 Å². The standard InChI is InChI=1S/C32H34F3N9/c1-7-21(13-36)10-19(2)20(3)27(26-17-44(43-42-26)31(8-9-31)32(33,34)35)41-24-11-22(14-37)28-25(12-24)29(23(15-38)16-39-28)40-18-30(4,5)6/h7,10-12,16-17,27,41-43H,3,8-9,18H2,1-2,4-6H3,(H,39,40)/b19-10-,21-7+/t27-/m0/s1. The zero-order valence-corrected chi connectivity index (χ0v) is 25.2. The molecule has 1 atom stereocenters. The van der Waals surface area contributed by atoms with E-state index in [1.165, 1.54) is 12.4 Å². The Morgan fingerprint density at radius 2 is 1.86 bits per heavy atom. The highest BCUT2D eigenvalue weighted by Gasteiger charge is 2.67. The molecular formula is C32H34F3N9. The topological polar surface area (TPSA) is 136 Å². The fourth-order valence-electron chi connectivity index (χ4n) is 4.84. The maximum absolute atomic E-state index is 13.9.